The Kier molecular flexibility index (Phi) is 5.80. The van der Waals surface area contributed by atoms with E-state index in [0.717, 1.165) is 17.7 Å². The first-order valence-corrected chi connectivity index (χ1v) is 9.02. The van der Waals surface area contributed by atoms with Crippen molar-refractivity contribution in [3.8, 4) is 22.8 Å². The van der Waals surface area contributed by atoms with E-state index in [1.54, 1.807) is 6.07 Å². The van der Waals surface area contributed by atoms with Gasteiger partial charge in [0.2, 0.25) is 0 Å². The molecule has 0 saturated carbocycles. The van der Waals surface area contributed by atoms with E-state index in [9.17, 15) is 4.79 Å². The number of hydrogen-bond acceptors (Lipinski definition) is 5. The lowest BCUT2D eigenvalue weighted by Crippen LogP contribution is -2.29. The SMILES string of the molecule is CCCNC(=O)COc1cccn2cc(-c3ccc(OCC)c(N)c3)nc12. The normalized spacial score (nSPS) is 10.7. The van der Waals surface area contributed by atoms with Crippen LogP contribution in [0.5, 0.6) is 11.5 Å². The second kappa shape index (κ2) is 8.44. The number of rotatable bonds is 8. The number of nitrogens with one attached hydrogen (secondary N) is 1. The van der Waals surface area contributed by atoms with E-state index in [0.29, 0.717) is 36.0 Å². The lowest BCUT2D eigenvalue weighted by Gasteiger charge is -2.07. The van der Waals surface area contributed by atoms with Gasteiger partial charge < -0.3 is 24.9 Å². The van der Waals surface area contributed by atoms with Crippen LogP contribution in [0, 0.1) is 0 Å². The Morgan fingerprint density at radius 2 is 2.07 bits per heavy atom. The number of nitrogen functional groups attached to an aromatic ring is 1. The molecule has 0 aliphatic carbocycles. The predicted octanol–water partition coefficient (Wildman–Crippen LogP) is 2.89. The van der Waals surface area contributed by atoms with E-state index in [1.807, 2.05) is 54.9 Å². The van der Waals surface area contributed by atoms with Gasteiger partial charge in [-0.1, -0.05) is 6.92 Å². The molecule has 2 heterocycles. The van der Waals surface area contributed by atoms with Gasteiger partial charge in [-0.15, -0.1) is 0 Å². The largest absolute Gasteiger partial charge is 0.492 e. The summed E-state index contributed by atoms with van der Waals surface area (Å²) in [6, 6.07) is 9.25. The lowest BCUT2D eigenvalue weighted by molar-refractivity contribution is -0.123. The van der Waals surface area contributed by atoms with Gasteiger partial charge in [-0.25, -0.2) is 4.98 Å². The molecule has 0 unspecified atom stereocenters. The van der Waals surface area contributed by atoms with Crippen LogP contribution in [0.1, 0.15) is 20.3 Å². The zero-order chi connectivity index (χ0) is 19.2. The summed E-state index contributed by atoms with van der Waals surface area (Å²) in [5, 5.41) is 2.79. The Bertz CT molecular complexity index is 936. The average molecular weight is 368 g/mol. The number of nitrogens with zero attached hydrogens (tertiary/aromatic N) is 2. The van der Waals surface area contributed by atoms with Gasteiger partial charge in [0.05, 0.1) is 18.0 Å². The van der Waals surface area contributed by atoms with Gasteiger partial charge in [-0.2, -0.15) is 0 Å². The summed E-state index contributed by atoms with van der Waals surface area (Å²) in [7, 11) is 0. The summed E-state index contributed by atoms with van der Waals surface area (Å²) < 4.78 is 13.0. The van der Waals surface area contributed by atoms with Gasteiger partial charge in [0, 0.05) is 24.5 Å². The zero-order valence-electron chi connectivity index (χ0n) is 15.6. The number of carbonyl (C=O) groups excluding carboxylic acids is 1. The summed E-state index contributed by atoms with van der Waals surface area (Å²) in [4.78, 5) is 16.4. The number of aromatic nitrogens is 2. The Hall–Kier alpha value is -3.22. The van der Waals surface area contributed by atoms with E-state index >= 15 is 0 Å². The molecule has 0 atom stereocenters. The van der Waals surface area contributed by atoms with Crippen molar-refractivity contribution in [3.05, 3.63) is 42.7 Å². The third-order valence-electron chi connectivity index (χ3n) is 3.98. The minimum Gasteiger partial charge on any atom is -0.492 e. The smallest absolute Gasteiger partial charge is 0.257 e. The minimum atomic E-state index is -0.148. The maximum absolute atomic E-state index is 11.8. The van der Waals surface area contributed by atoms with Crippen molar-refractivity contribution in [2.24, 2.45) is 0 Å². The summed E-state index contributed by atoms with van der Waals surface area (Å²) in [5.41, 5.74) is 8.91. The fourth-order valence-electron chi connectivity index (χ4n) is 2.69. The molecule has 0 spiro atoms. The van der Waals surface area contributed by atoms with Crippen molar-refractivity contribution in [1.82, 2.24) is 14.7 Å². The fraction of sp³-hybridized carbons (Fsp3) is 0.300. The highest BCUT2D eigenvalue weighted by Gasteiger charge is 2.12. The van der Waals surface area contributed by atoms with Crippen LogP contribution >= 0.6 is 0 Å². The molecule has 0 aliphatic heterocycles. The van der Waals surface area contributed by atoms with Crippen molar-refractivity contribution < 1.29 is 14.3 Å². The molecule has 0 saturated heterocycles. The molecule has 0 fully saturated rings. The Labute approximate surface area is 158 Å². The van der Waals surface area contributed by atoms with Crippen LogP contribution in [0.3, 0.4) is 0 Å². The molecular formula is C20H24N4O3. The van der Waals surface area contributed by atoms with Crippen molar-refractivity contribution >= 4 is 17.2 Å². The molecular weight excluding hydrogens is 344 g/mol. The van der Waals surface area contributed by atoms with Crippen LogP contribution in [-0.4, -0.2) is 35.1 Å². The first kappa shape index (κ1) is 18.6. The Balaban J connectivity index is 1.83. The van der Waals surface area contributed by atoms with Crippen molar-refractivity contribution in [3.63, 3.8) is 0 Å². The van der Waals surface area contributed by atoms with Gasteiger partial charge >= 0.3 is 0 Å². The number of anilines is 1. The first-order valence-electron chi connectivity index (χ1n) is 9.02. The van der Waals surface area contributed by atoms with Crippen LogP contribution < -0.4 is 20.5 Å². The number of hydrogen-bond donors (Lipinski definition) is 2. The highest BCUT2D eigenvalue weighted by atomic mass is 16.5. The number of carbonyl (C=O) groups is 1. The van der Waals surface area contributed by atoms with Gasteiger partial charge in [0.1, 0.15) is 5.75 Å². The second-order valence-electron chi connectivity index (χ2n) is 6.05. The molecule has 142 valence electrons. The molecule has 3 aromatic rings. The minimum absolute atomic E-state index is 0.0438. The molecule has 3 rings (SSSR count). The third kappa shape index (κ3) is 4.31. The maximum atomic E-state index is 11.8. The summed E-state index contributed by atoms with van der Waals surface area (Å²) in [6.07, 6.45) is 4.67. The molecule has 2 aromatic heterocycles. The van der Waals surface area contributed by atoms with E-state index in [2.05, 4.69) is 10.3 Å². The molecule has 27 heavy (non-hydrogen) atoms. The van der Waals surface area contributed by atoms with E-state index in [1.165, 1.54) is 0 Å². The van der Waals surface area contributed by atoms with Crippen molar-refractivity contribution in [2.45, 2.75) is 20.3 Å². The maximum Gasteiger partial charge on any atom is 0.257 e. The highest BCUT2D eigenvalue weighted by molar-refractivity contribution is 5.78. The number of nitrogens with two attached hydrogens (primary N) is 1. The molecule has 0 bridgehead atoms. The summed E-state index contributed by atoms with van der Waals surface area (Å²) >= 11 is 0. The van der Waals surface area contributed by atoms with Gasteiger partial charge in [0.25, 0.3) is 5.91 Å². The van der Waals surface area contributed by atoms with Gasteiger partial charge in [-0.3, -0.25) is 4.79 Å². The number of ether oxygens (including phenoxy) is 2. The van der Waals surface area contributed by atoms with Crippen LogP contribution in [0.25, 0.3) is 16.9 Å². The molecule has 1 aromatic carbocycles. The summed E-state index contributed by atoms with van der Waals surface area (Å²) in [6.45, 7) is 5.07. The monoisotopic (exact) mass is 368 g/mol. The third-order valence-corrected chi connectivity index (χ3v) is 3.98. The van der Waals surface area contributed by atoms with Gasteiger partial charge in [-0.05, 0) is 43.7 Å². The zero-order valence-corrected chi connectivity index (χ0v) is 15.6. The molecule has 7 nitrogen and oxygen atoms in total. The van der Waals surface area contributed by atoms with E-state index < -0.39 is 0 Å². The van der Waals surface area contributed by atoms with E-state index in [-0.39, 0.29) is 12.5 Å². The highest BCUT2D eigenvalue weighted by Crippen LogP contribution is 2.29. The quantitative estimate of drug-likeness (QED) is 0.597. The molecule has 3 N–H and O–H groups in total. The van der Waals surface area contributed by atoms with E-state index in [4.69, 9.17) is 15.2 Å². The molecule has 7 heteroatoms. The van der Waals surface area contributed by atoms with Crippen LogP contribution in [0.15, 0.2) is 42.7 Å². The molecule has 0 aliphatic rings. The van der Waals surface area contributed by atoms with Crippen LogP contribution in [0.2, 0.25) is 0 Å². The summed E-state index contributed by atoms with van der Waals surface area (Å²) in [5.74, 6) is 1.06. The van der Waals surface area contributed by atoms with Crippen LogP contribution in [0.4, 0.5) is 5.69 Å². The first-order chi connectivity index (χ1) is 13.1. The van der Waals surface area contributed by atoms with Crippen LogP contribution in [-0.2, 0) is 4.79 Å². The standard InChI is InChI=1S/C20H24N4O3/c1-3-9-22-19(25)13-27-18-6-5-10-24-12-16(23-20(18)24)14-7-8-17(26-4-2)15(21)11-14/h5-8,10-12H,3-4,9,13,21H2,1-2H3,(H,22,25). The Morgan fingerprint density at radius 3 is 2.81 bits per heavy atom. The number of fused-ring (bicyclic) bond motifs is 1. The fourth-order valence-corrected chi connectivity index (χ4v) is 2.69. The topological polar surface area (TPSA) is 90.9 Å². The molecule has 1 amide bonds. The number of benzene rings is 1. The van der Waals surface area contributed by atoms with Crippen molar-refractivity contribution in [2.75, 3.05) is 25.5 Å². The van der Waals surface area contributed by atoms with Gasteiger partial charge in [0.15, 0.2) is 18.0 Å². The number of pyridine rings is 1. The lowest BCUT2D eigenvalue weighted by atomic mass is 10.1. The Morgan fingerprint density at radius 1 is 1.22 bits per heavy atom. The van der Waals surface area contributed by atoms with Crippen molar-refractivity contribution in [1.29, 1.82) is 0 Å². The molecule has 0 radical (unpaired) electrons. The predicted molar refractivity (Wildman–Crippen MR) is 105 cm³/mol. The second-order valence-corrected chi connectivity index (χ2v) is 6.05. The number of imidazole rings is 1. The average Bonchev–Trinajstić information content (AvgIpc) is 3.11. The number of amides is 1.